The Morgan fingerprint density at radius 3 is 2.32 bits per heavy atom. The predicted octanol–water partition coefficient (Wildman–Crippen LogP) is 2.67. The second-order valence-corrected chi connectivity index (χ2v) is 9.21. The first kappa shape index (κ1) is 17.5. The number of carbonyl (C=O) groups is 1. The van der Waals surface area contributed by atoms with Gasteiger partial charge in [0.25, 0.3) is 10.1 Å². The summed E-state index contributed by atoms with van der Waals surface area (Å²) in [6.07, 6.45) is 0.888. The topological polar surface area (TPSA) is 69.7 Å². The van der Waals surface area contributed by atoms with Gasteiger partial charge in [-0.1, -0.05) is 20.4 Å². The number of rotatable bonds is 5. The fourth-order valence-electron chi connectivity index (χ4n) is 3.91. The van der Waals surface area contributed by atoms with Gasteiger partial charge in [0.05, 0.1) is 5.75 Å². The molecule has 0 heterocycles. The van der Waals surface area contributed by atoms with Gasteiger partial charge in [-0.05, 0) is 44.9 Å². The summed E-state index contributed by atoms with van der Waals surface area (Å²) in [5, 5.41) is 0. The van der Waals surface area contributed by atoms with Gasteiger partial charge in [0.1, 0.15) is 11.7 Å². The van der Waals surface area contributed by atoms with Crippen molar-refractivity contribution in [2.45, 2.75) is 59.2 Å². The maximum absolute atomic E-state index is 12.0. The van der Waals surface area contributed by atoms with E-state index in [-0.39, 0.29) is 17.1 Å². The summed E-state index contributed by atoms with van der Waals surface area (Å²) in [5.41, 5.74) is -0.631. The molecule has 3 rings (SSSR count). The number of ether oxygens (including phenoxy) is 1. The van der Waals surface area contributed by atoms with Gasteiger partial charge < -0.3 is 4.74 Å². The molecule has 0 aliphatic heterocycles. The third kappa shape index (κ3) is 2.71. The first-order valence-corrected chi connectivity index (χ1v) is 9.31. The molecule has 3 aliphatic rings. The SMILES string of the molecule is C=C(C)C(=O)O[C@@]1(C)C2CC(C[C@@H]1OS(=O)(=O)CC)C2(C)C. The molecule has 0 aromatic carbocycles. The van der Waals surface area contributed by atoms with E-state index >= 15 is 0 Å². The summed E-state index contributed by atoms with van der Waals surface area (Å²) < 4.78 is 34.8. The average Bonchev–Trinajstić information content (AvgIpc) is 2.40. The zero-order valence-corrected chi connectivity index (χ0v) is 14.8. The van der Waals surface area contributed by atoms with Gasteiger partial charge in [-0.2, -0.15) is 8.42 Å². The van der Waals surface area contributed by atoms with Crippen molar-refractivity contribution in [2.24, 2.45) is 17.3 Å². The van der Waals surface area contributed by atoms with Gasteiger partial charge in [0, 0.05) is 11.5 Å². The normalized spacial score (nSPS) is 36.3. The van der Waals surface area contributed by atoms with Crippen LogP contribution in [0.4, 0.5) is 0 Å². The molecule has 0 saturated heterocycles. The summed E-state index contributed by atoms with van der Waals surface area (Å²) in [4.78, 5) is 12.0. The molecule has 3 saturated carbocycles. The largest absolute Gasteiger partial charge is 0.453 e. The van der Waals surface area contributed by atoms with Gasteiger partial charge in [-0.15, -0.1) is 0 Å². The second kappa shape index (κ2) is 5.34. The fraction of sp³-hybridized carbons (Fsp3) is 0.812. The molecule has 126 valence electrons. The maximum Gasteiger partial charge on any atom is 0.333 e. The number of carbonyl (C=O) groups excluding carboxylic acids is 1. The first-order valence-electron chi connectivity index (χ1n) is 7.74. The van der Waals surface area contributed by atoms with Crippen LogP contribution < -0.4 is 0 Å². The van der Waals surface area contributed by atoms with Crippen LogP contribution in [0.3, 0.4) is 0 Å². The molecule has 3 aliphatic carbocycles. The minimum absolute atomic E-state index is 0.0138. The van der Waals surface area contributed by atoms with Crippen molar-refractivity contribution in [3.63, 3.8) is 0 Å². The second-order valence-electron chi connectivity index (χ2n) is 7.33. The molecular weight excluding hydrogens is 304 g/mol. The van der Waals surface area contributed by atoms with E-state index in [1.165, 1.54) is 0 Å². The highest BCUT2D eigenvalue weighted by molar-refractivity contribution is 7.86. The Kier molecular flexibility index (Phi) is 4.24. The zero-order chi connectivity index (χ0) is 16.9. The van der Waals surface area contributed by atoms with Crippen LogP contribution in [0.2, 0.25) is 0 Å². The molecule has 0 radical (unpaired) electrons. The Morgan fingerprint density at radius 2 is 1.86 bits per heavy atom. The standard InChI is InChI=1S/C16H26O5S/c1-7-22(18,19)21-13-9-11-8-12(15(11,4)5)16(13,6)20-14(17)10(2)3/h11-13H,2,7-9H2,1,3-6H3/t11?,12?,13-,16-/m0/s1. The van der Waals surface area contributed by atoms with E-state index in [1.54, 1.807) is 20.8 Å². The molecule has 0 amide bonds. The highest BCUT2D eigenvalue weighted by Gasteiger charge is 2.66. The highest BCUT2D eigenvalue weighted by Crippen LogP contribution is 2.64. The minimum atomic E-state index is -3.60. The molecule has 3 fully saturated rings. The number of esters is 1. The fourth-order valence-corrected chi connectivity index (χ4v) is 4.67. The molecule has 2 bridgehead atoms. The molecule has 6 heteroatoms. The van der Waals surface area contributed by atoms with E-state index in [9.17, 15) is 13.2 Å². The van der Waals surface area contributed by atoms with Gasteiger partial charge in [0.2, 0.25) is 0 Å². The van der Waals surface area contributed by atoms with Crippen LogP contribution in [-0.2, 0) is 23.8 Å². The van der Waals surface area contributed by atoms with Crippen LogP contribution in [0, 0.1) is 17.3 Å². The molecule has 22 heavy (non-hydrogen) atoms. The van der Waals surface area contributed by atoms with Crippen LogP contribution in [0.25, 0.3) is 0 Å². The van der Waals surface area contributed by atoms with E-state index in [1.807, 2.05) is 0 Å². The summed E-state index contributed by atoms with van der Waals surface area (Å²) >= 11 is 0. The van der Waals surface area contributed by atoms with Crippen molar-refractivity contribution in [1.82, 2.24) is 0 Å². The summed E-state index contributed by atoms with van der Waals surface area (Å²) in [7, 11) is -3.60. The Morgan fingerprint density at radius 1 is 1.27 bits per heavy atom. The smallest absolute Gasteiger partial charge is 0.333 e. The number of hydrogen-bond donors (Lipinski definition) is 0. The van der Waals surface area contributed by atoms with Gasteiger partial charge >= 0.3 is 5.97 Å². The van der Waals surface area contributed by atoms with Gasteiger partial charge in [0.15, 0.2) is 0 Å². The van der Waals surface area contributed by atoms with Crippen molar-refractivity contribution in [2.75, 3.05) is 5.75 Å². The van der Waals surface area contributed by atoms with Crippen molar-refractivity contribution in [1.29, 1.82) is 0 Å². The highest BCUT2D eigenvalue weighted by atomic mass is 32.2. The van der Waals surface area contributed by atoms with Crippen molar-refractivity contribution < 1.29 is 22.1 Å². The third-order valence-corrected chi connectivity index (χ3v) is 6.81. The van der Waals surface area contributed by atoms with Crippen molar-refractivity contribution >= 4 is 16.1 Å². The van der Waals surface area contributed by atoms with Crippen molar-refractivity contribution in [3.8, 4) is 0 Å². The van der Waals surface area contributed by atoms with Crippen LogP contribution in [0.1, 0.15) is 47.5 Å². The predicted molar refractivity (Wildman–Crippen MR) is 83.6 cm³/mol. The average molecular weight is 330 g/mol. The molecule has 0 spiro atoms. The van der Waals surface area contributed by atoms with Crippen LogP contribution in [0.5, 0.6) is 0 Å². The Labute approximate surface area is 133 Å². The third-order valence-electron chi connectivity index (χ3n) is 5.58. The monoisotopic (exact) mass is 330 g/mol. The number of fused-ring (bicyclic) bond motifs is 2. The van der Waals surface area contributed by atoms with Crippen LogP contribution in [0.15, 0.2) is 12.2 Å². The van der Waals surface area contributed by atoms with E-state index in [0.29, 0.717) is 17.9 Å². The van der Waals surface area contributed by atoms with E-state index in [4.69, 9.17) is 8.92 Å². The molecular formula is C16H26O5S. The van der Waals surface area contributed by atoms with Crippen LogP contribution >= 0.6 is 0 Å². The van der Waals surface area contributed by atoms with Gasteiger partial charge in [-0.25, -0.2) is 4.79 Å². The lowest BCUT2D eigenvalue weighted by atomic mass is 9.43. The maximum atomic E-state index is 12.0. The van der Waals surface area contributed by atoms with E-state index < -0.39 is 27.8 Å². The summed E-state index contributed by atoms with van der Waals surface area (Å²) in [6, 6.07) is 0. The van der Waals surface area contributed by atoms with E-state index in [2.05, 4.69) is 20.4 Å². The molecule has 0 aromatic rings. The molecule has 0 aromatic heterocycles. The lowest BCUT2D eigenvalue weighted by Crippen LogP contribution is -2.68. The Bertz CT molecular complexity index is 592. The first-order chi connectivity index (χ1) is 9.94. The van der Waals surface area contributed by atoms with Gasteiger partial charge in [-0.3, -0.25) is 4.18 Å². The molecule has 4 atom stereocenters. The van der Waals surface area contributed by atoms with Crippen molar-refractivity contribution in [3.05, 3.63) is 12.2 Å². The zero-order valence-electron chi connectivity index (χ0n) is 14.0. The lowest BCUT2D eigenvalue weighted by Gasteiger charge is -2.65. The quantitative estimate of drug-likeness (QED) is 0.440. The van der Waals surface area contributed by atoms with Crippen LogP contribution in [-0.4, -0.2) is 31.8 Å². The summed E-state index contributed by atoms with van der Waals surface area (Å²) in [5.74, 6) is -0.108. The lowest BCUT2D eigenvalue weighted by molar-refractivity contribution is -0.249. The molecule has 0 N–H and O–H groups in total. The number of hydrogen-bond acceptors (Lipinski definition) is 5. The summed E-state index contributed by atoms with van der Waals surface area (Å²) in [6.45, 7) is 12.8. The minimum Gasteiger partial charge on any atom is -0.453 e. The Balaban J connectivity index is 2.32. The molecule has 5 nitrogen and oxygen atoms in total. The van der Waals surface area contributed by atoms with E-state index in [0.717, 1.165) is 6.42 Å². The molecule has 2 unspecified atom stereocenters. The Hall–Kier alpha value is -0.880.